The first kappa shape index (κ1) is 19.7. The van der Waals surface area contributed by atoms with E-state index in [0.717, 1.165) is 55.4 Å². The summed E-state index contributed by atoms with van der Waals surface area (Å²) in [5.41, 5.74) is 1.10. The molecule has 6 heteroatoms. The Bertz CT molecular complexity index is 928. The molecule has 152 valence electrons. The summed E-state index contributed by atoms with van der Waals surface area (Å²) in [6, 6.07) is 12.0. The average molecular weight is 393 g/mol. The van der Waals surface area contributed by atoms with Gasteiger partial charge in [-0.3, -0.25) is 4.79 Å². The third-order valence-electron chi connectivity index (χ3n) is 6.07. The normalized spacial score (nSPS) is 20.9. The number of para-hydroxylation sites is 1. The van der Waals surface area contributed by atoms with Crippen LogP contribution in [0, 0.1) is 11.3 Å². The average Bonchev–Trinajstić information content (AvgIpc) is 3.22. The van der Waals surface area contributed by atoms with Crippen molar-refractivity contribution in [2.24, 2.45) is 0 Å². The highest BCUT2D eigenvalue weighted by Gasteiger charge is 2.30. The summed E-state index contributed by atoms with van der Waals surface area (Å²) in [5.74, 6) is 0.564. The largest absolute Gasteiger partial charge is 0.488 e. The molecule has 0 bridgehead atoms. The van der Waals surface area contributed by atoms with Gasteiger partial charge in [-0.15, -0.1) is 0 Å². The molecule has 1 unspecified atom stereocenters. The first-order chi connectivity index (χ1) is 14.1. The molecule has 0 radical (unpaired) electrons. The molecule has 2 aliphatic rings. The van der Waals surface area contributed by atoms with Gasteiger partial charge in [-0.05, 0) is 51.7 Å². The maximum absolute atomic E-state index is 12.9. The van der Waals surface area contributed by atoms with E-state index in [1.807, 2.05) is 24.3 Å². The topological polar surface area (TPSA) is 69.5 Å². The van der Waals surface area contributed by atoms with Gasteiger partial charge in [-0.25, -0.2) is 4.98 Å². The SMILES string of the molecule is CC(C)N1CCC(Oc2cccc3ccc(C(=O)N4CCCC4C#N)nc23)CC1. The number of hydrogen-bond acceptors (Lipinski definition) is 5. The Morgan fingerprint density at radius 1 is 1.17 bits per heavy atom. The van der Waals surface area contributed by atoms with Gasteiger partial charge >= 0.3 is 0 Å². The highest BCUT2D eigenvalue weighted by atomic mass is 16.5. The predicted molar refractivity (Wildman–Crippen MR) is 112 cm³/mol. The summed E-state index contributed by atoms with van der Waals surface area (Å²) in [4.78, 5) is 21.7. The van der Waals surface area contributed by atoms with Gasteiger partial charge in [0.2, 0.25) is 0 Å². The van der Waals surface area contributed by atoms with E-state index in [4.69, 9.17) is 4.74 Å². The molecule has 1 aromatic heterocycles. The van der Waals surface area contributed by atoms with Gasteiger partial charge < -0.3 is 14.5 Å². The Labute approximate surface area is 172 Å². The first-order valence-electron chi connectivity index (χ1n) is 10.6. The summed E-state index contributed by atoms with van der Waals surface area (Å²) >= 11 is 0. The lowest BCUT2D eigenvalue weighted by atomic mass is 10.1. The van der Waals surface area contributed by atoms with Crippen LogP contribution in [0.2, 0.25) is 0 Å². The van der Waals surface area contributed by atoms with Crippen molar-refractivity contribution in [3.8, 4) is 11.8 Å². The number of carbonyl (C=O) groups excluding carboxylic acids is 1. The third-order valence-corrected chi connectivity index (χ3v) is 6.07. The number of pyridine rings is 1. The fourth-order valence-corrected chi connectivity index (χ4v) is 4.31. The van der Waals surface area contributed by atoms with E-state index in [0.29, 0.717) is 18.3 Å². The predicted octanol–water partition coefficient (Wildman–Crippen LogP) is 3.61. The van der Waals surface area contributed by atoms with Gasteiger partial charge in [-0.1, -0.05) is 18.2 Å². The first-order valence-corrected chi connectivity index (χ1v) is 10.6. The minimum atomic E-state index is -0.349. The molecule has 3 heterocycles. The molecule has 4 rings (SSSR count). The molecule has 0 spiro atoms. The second kappa shape index (κ2) is 8.38. The lowest BCUT2D eigenvalue weighted by molar-refractivity contribution is 0.0759. The fraction of sp³-hybridized carbons (Fsp3) is 0.522. The number of nitrogens with zero attached hydrogens (tertiary/aromatic N) is 4. The fourth-order valence-electron chi connectivity index (χ4n) is 4.31. The smallest absolute Gasteiger partial charge is 0.273 e. The van der Waals surface area contributed by atoms with Gasteiger partial charge in [0.05, 0.1) is 6.07 Å². The molecule has 6 nitrogen and oxygen atoms in total. The molecule has 2 aliphatic heterocycles. The van der Waals surface area contributed by atoms with Gasteiger partial charge in [0.1, 0.15) is 29.1 Å². The van der Waals surface area contributed by atoms with Crippen LogP contribution in [-0.4, -0.2) is 58.5 Å². The van der Waals surface area contributed by atoms with Crippen LogP contribution in [0.15, 0.2) is 30.3 Å². The molecule has 1 aromatic carbocycles. The van der Waals surface area contributed by atoms with E-state index in [2.05, 4.69) is 29.8 Å². The highest BCUT2D eigenvalue weighted by molar-refractivity contribution is 5.96. The number of rotatable bonds is 4. The number of benzene rings is 1. The van der Waals surface area contributed by atoms with Crippen LogP contribution in [-0.2, 0) is 0 Å². The molecule has 0 saturated carbocycles. The summed E-state index contributed by atoms with van der Waals surface area (Å²) < 4.78 is 6.33. The van der Waals surface area contributed by atoms with Crippen LogP contribution < -0.4 is 4.74 Å². The van der Waals surface area contributed by atoms with Gasteiger partial charge in [0, 0.05) is 31.1 Å². The minimum Gasteiger partial charge on any atom is -0.488 e. The van der Waals surface area contributed by atoms with Crippen LogP contribution >= 0.6 is 0 Å². The van der Waals surface area contributed by atoms with E-state index in [-0.39, 0.29) is 18.1 Å². The van der Waals surface area contributed by atoms with Gasteiger partial charge in [0.15, 0.2) is 0 Å². The highest BCUT2D eigenvalue weighted by Crippen LogP contribution is 2.28. The van der Waals surface area contributed by atoms with E-state index in [9.17, 15) is 10.1 Å². The standard InChI is InChI=1S/C23H28N4O2/c1-16(2)26-13-10-19(11-14-26)29-21-7-3-5-17-8-9-20(25-22(17)21)23(28)27-12-4-6-18(27)15-24/h3,5,7-9,16,18-19H,4,6,10-14H2,1-2H3. The van der Waals surface area contributed by atoms with Crippen molar-refractivity contribution in [3.63, 3.8) is 0 Å². The Hall–Kier alpha value is -2.65. The molecule has 29 heavy (non-hydrogen) atoms. The lowest BCUT2D eigenvalue weighted by Gasteiger charge is -2.34. The van der Waals surface area contributed by atoms with Crippen molar-refractivity contribution < 1.29 is 9.53 Å². The Balaban J connectivity index is 1.55. The quantitative estimate of drug-likeness (QED) is 0.795. The molecule has 2 saturated heterocycles. The van der Waals surface area contributed by atoms with Crippen LogP contribution in [0.3, 0.4) is 0 Å². The summed E-state index contributed by atoms with van der Waals surface area (Å²) in [7, 11) is 0. The maximum atomic E-state index is 12.9. The van der Waals surface area contributed by atoms with Crippen LogP contribution in [0.25, 0.3) is 10.9 Å². The van der Waals surface area contributed by atoms with Crippen molar-refractivity contribution >= 4 is 16.8 Å². The van der Waals surface area contributed by atoms with Crippen molar-refractivity contribution in [1.82, 2.24) is 14.8 Å². The lowest BCUT2D eigenvalue weighted by Crippen LogP contribution is -2.41. The van der Waals surface area contributed by atoms with Crippen molar-refractivity contribution in [3.05, 3.63) is 36.0 Å². The Morgan fingerprint density at radius 3 is 2.69 bits per heavy atom. The van der Waals surface area contributed by atoms with Crippen molar-refractivity contribution in [1.29, 1.82) is 5.26 Å². The summed E-state index contributed by atoms with van der Waals surface area (Å²) in [6.45, 7) is 7.14. The van der Waals surface area contributed by atoms with Crippen molar-refractivity contribution in [2.75, 3.05) is 19.6 Å². The molecule has 1 amide bonds. The van der Waals surface area contributed by atoms with E-state index >= 15 is 0 Å². The number of piperidine rings is 1. The van der Waals surface area contributed by atoms with Crippen molar-refractivity contribution in [2.45, 2.75) is 57.7 Å². The van der Waals surface area contributed by atoms with E-state index < -0.39 is 0 Å². The summed E-state index contributed by atoms with van der Waals surface area (Å²) in [5, 5.41) is 10.3. The van der Waals surface area contributed by atoms with E-state index in [1.165, 1.54) is 0 Å². The second-order valence-corrected chi connectivity index (χ2v) is 8.26. The zero-order valence-corrected chi connectivity index (χ0v) is 17.2. The second-order valence-electron chi connectivity index (χ2n) is 8.26. The minimum absolute atomic E-state index is 0.165. The van der Waals surface area contributed by atoms with E-state index in [1.54, 1.807) is 11.0 Å². The number of fused-ring (bicyclic) bond motifs is 1. The van der Waals surface area contributed by atoms with Crippen LogP contribution in [0.1, 0.15) is 50.0 Å². The molecule has 0 N–H and O–H groups in total. The molecular weight excluding hydrogens is 364 g/mol. The molecule has 2 fully saturated rings. The zero-order valence-electron chi connectivity index (χ0n) is 17.2. The molecule has 0 aliphatic carbocycles. The van der Waals surface area contributed by atoms with Crippen LogP contribution in [0.5, 0.6) is 5.75 Å². The summed E-state index contributed by atoms with van der Waals surface area (Å²) in [6.07, 6.45) is 3.74. The molecule has 2 aromatic rings. The third kappa shape index (κ3) is 4.06. The number of aromatic nitrogens is 1. The Kier molecular flexibility index (Phi) is 5.68. The zero-order chi connectivity index (χ0) is 20.4. The van der Waals surface area contributed by atoms with Gasteiger partial charge in [-0.2, -0.15) is 5.26 Å². The number of likely N-dealkylation sites (tertiary alicyclic amines) is 2. The van der Waals surface area contributed by atoms with Gasteiger partial charge in [0.25, 0.3) is 5.91 Å². The number of carbonyl (C=O) groups is 1. The number of amides is 1. The Morgan fingerprint density at radius 2 is 1.97 bits per heavy atom. The number of ether oxygens (including phenoxy) is 1. The monoisotopic (exact) mass is 392 g/mol. The molecule has 1 atom stereocenters. The van der Waals surface area contributed by atoms with Crippen LogP contribution in [0.4, 0.5) is 0 Å². The molecular formula is C23H28N4O2. The number of nitriles is 1. The maximum Gasteiger partial charge on any atom is 0.273 e. The number of hydrogen-bond donors (Lipinski definition) is 0.